The van der Waals surface area contributed by atoms with Gasteiger partial charge in [-0.1, -0.05) is 328 Å². The van der Waals surface area contributed by atoms with E-state index < -0.39 is 69.2 Å². The highest BCUT2D eigenvalue weighted by molar-refractivity contribution is 5.36. The quantitative estimate of drug-likeness (QED) is 0.162. The lowest BCUT2D eigenvalue weighted by Gasteiger charge is -2.18. The van der Waals surface area contributed by atoms with Gasteiger partial charge in [-0.25, -0.2) is 4.39 Å². The molecule has 0 amide bonds. The van der Waals surface area contributed by atoms with Crippen LogP contribution in [-0.4, -0.2) is 0 Å². The average molecular weight is 1240 g/mol. The zero-order valence-corrected chi connectivity index (χ0v) is 59.9. The Hall–Kier alpha value is -7.09. The topological polar surface area (TPSA) is 0 Å². The molecule has 0 heterocycles. The van der Waals surface area contributed by atoms with Crippen LogP contribution >= 0.6 is 0 Å². The third-order valence-corrected chi connectivity index (χ3v) is 14.8. The smallest absolute Gasteiger partial charge is 0.126 e. The van der Waals surface area contributed by atoms with Crippen molar-refractivity contribution < 1.29 is 29.1 Å². The first-order valence-corrected chi connectivity index (χ1v) is 31.9. The third kappa shape index (κ3) is 39.7. The van der Waals surface area contributed by atoms with Crippen molar-refractivity contribution in [2.45, 2.75) is 229 Å². The third-order valence-electron chi connectivity index (χ3n) is 14.8. The molecule has 0 saturated heterocycles. The number of halogens is 1. The van der Waals surface area contributed by atoms with E-state index in [9.17, 15) is 4.39 Å². The van der Waals surface area contributed by atoms with E-state index in [1.165, 1.54) is 131 Å². The highest BCUT2D eigenvalue weighted by Crippen LogP contribution is 2.27. The molecule has 11 rings (SSSR count). The van der Waals surface area contributed by atoms with E-state index >= 15 is 0 Å². The molecule has 0 aromatic heterocycles. The first kappa shape index (κ1) is 55.5. The fourth-order valence-corrected chi connectivity index (χ4v) is 8.44. The van der Waals surface area contributed by atoms with Gasteiger partial charge in [0.2, 0.25) is 0 Å². The molecule has 0 N–H and O–H groups in total. The molecule has 2 aliphatic rings. The Morgan fingerprint density at radius 1 is 0.253 bits per heavy atom. The monoisotopic (exact) mass is 1240 g/mol. The molecule has 0 unspecified atom stereocenters. The SMILES string of the molecule is Cc1cc(C)c(C)c(C)c1.Cc1cc(C)cc(C)c1.Cc1ccc(C)c(C)c1.Cc1ccc(C)cc1.Cc1cccc(C)c1.Cc1cccc(C)c1C.Cc1ccccc1.Cc1ccccc1C.Cc1ccccc1F.[2H]C1([2H])C(CC)C([2H])([2H])C([2H])([2H])C([2H])([2H])C1([2H])[2H].[2H]C1([2H])C(CC)C([2H])([2H])C([2H])([2H])C1([2H])[2H]. The lowest BCUT2D eigenvalue weighted by Crippen LogP contribution is -2.03. The largest absolute Gasteiger partial charge is 0.207 e. The predicted octanol–water partition coefficient (Wildman–Crippen LogP) is 27.4. The number of benzene rings is 9. The highest BCUT2D eigenvalue weighted by Gasteiger charge is 2.11. The molecule has 0 atom stereocenters. The lowest BCUT2D eigenvalue weighted by molar-refractivity contribution is 0.349. The zero-order valence-electron chi connectivity index (χ0n) is 77.9. The number of hydrogen-bond acceptors (Lipinski definition) is 0. The molecule has 492 valence electrons. The van der Waals surface area contributed by atoms with Gasteiger partial charge in [0.15, 0.2) is 0 Å². The maximum absolute atomic E-state index is 12.3. The van der Waals surface area contributed by atoms with Crippen LogP contribution in [-0.2, 0) is 0 Å². The summed E-state index contributed by atoms with van der Waals surface area (Å²) in [5, 5.41) is 0. The molecule has 2 aliphatic carbocycles. The molecule has 1 heteroatoms. The van der Waals surface area contributed by atoms with Gasteiger partial charge >= 0.3 is 0 Å². The van der Waals surface area contributed by atoms with Crippen molar-refractivity contribution in [1.82, 2.24) is 0 Å². The van der Waals surface area contributed by atoms with Crippen LogP contribution < -0.4 is 0 Å². The maximum atomic E-state index is 12.3. The Balaban J connectivity index is 0.000000607. The van der Waals surface area contributed by atoms with Gasteiger partial charge in [-0.15, -0.1) is 0 Å². The molecule has 2 saturated carbocycles. The first-order chi connectivity index (χ1) is 49.9. The van der Waals surface area contributed by atoms with E-state index in [2.05, 4.69) is 290 Å². The number of aryl methyl sites for hydroxylation is 19. The minimum absolute atomic E-state index is 0.0685. The molecule has 0 nitrogen and oxygen atoms in total. The Labute approximate surface area is 585 Å². The molecule has 0 radical (unpaired) electrons. The summed E-state index contributed by atoms with van der Waals surface area (Å²) >= 11 is 0. The van der Waals surface area contributed by atoms with E-state index in [0.29, 0.717) is 5.56 Å². The van der Waals surface area contributed by atoms with Crippen molar-refractivity contribution in [3.05, 3.63) is 317 Å². The van der Waals surface area contributed by atoms with Crippen molar-refractivity contribution in [2.24, 2.45) is 11.8 Å². The van der Waals surface area contributed by atoms with Crippen LogP contribution in [0.25, 0.3) is 0 Å². The van der Waals surface area contributed by atoms with Crippen molar-refractivity contribution in [2.75, 3.05) is 0 Å². The van der Waals surface area contributed by atoms with Crippen molar-refractivity contribution in [3.8, 4) is 0 Å². The van der Waals surface area contributed by atoms with Crippen molar-refractivity contribution >= 4 is 0 Å². The van der Waals surface area contributed by atoms with Gasteiger partial charge < -0.3 is 0 Å². The molecule has 91 heavy (non-hydrogen) atoms. The van der Waals surface area contributed by atoms with Gasteiger partial charge in [0.05, 0.1) is 0 Å². The summed E-state index contributed by atoms with van der Waals surface area (Å²) in [7, 11) is 0. The number of hydrogen-bond donors (Lipinski definition) is 0. The average Bonchev–Trinajstić information content (AvgIpc) is 0.758. The van der Waals surface area contributed by atoms with Crippen LogP contribution in [0.15, 0.2) is 194 Å². The van der Waals surface area contributed by atoms with E-state index in [4.69, 9.17) is 24.7 Å². The van der Waals surface area contributed by atoms with Gasteiger partial charge in [0.1, 0.15) is 5.82 Å². The summed E-state index contributed by atoms with van der Waals surface area (Å²) in [6.45, 7) is 47.3. The van der Waals surface area contributed by atoms with Crippen LogP contribution in [0.5, 0.6) is 0 Å². The summed E-state index contributed by atoms with van der Waals surface area (Å²) in [6.07, 6.45) is -25.7. The summed E-state index contributed by atoms with van der Waals surface area (Å²) in [5.41, 5.74) is 28.0. The maximum Gasteiger partial charge on any atom is 0.126 e. The van der Waals surface area contributed by atoms with Crippen LogP contribution in [0.4, 0.5) is 4.39 Å². The molecular formula is C90H125F. The highest BCUT2D eigenvalue weighted by atomic mass is 19.1. The fourth-order valence-electron chi connectivity index (χ4n) is 8.44. The van der Waals surface area contributed by atoms with E-state index in [0.717, 1.165) is 0 Å². The summed E-state index contributed by atoms with van der Waals surface area (Å²) < 4.78 is 149. The molecule has 0 aliphatic heterocycles. The predicted molar refractivity (Wildman–Crippen MR) is 407 cm³/mol. The van der Waals surface area contributed by atoms with Crippen LogP contribution in [0.3, 0.4) is 0 Å². The number of rotatable bonds is 2. The van der Waals surface area contributed by atoms with E-state index in [-0.39, 0.29) is 18.7 Å². The normalized spacial score (nSPS) is 19.7. The molecule has 0 spiro atoms. The van der Waals surface area contributed by atoms with Gasteiger partial charge in [-0.3, -0.25) is 0 Å². The molecule has 2 fully saturated rings. The van der Waals surface area contributed by atoms with Crippen LogP contribution in [0, 0.1) is 163 Å². The minimum atomic E-state index is -3.27. The zero-order chi connectivity index (χ0) is 84.4. The van der Waals surface area contributed by atoms with Gasteiger partial charge in [0, 0.05) is 24.7 Å². The van der Waals surface area contributed by atoms with Gasteiger partial charge in [-0.2, -0.15) is 0 Å². The van der Waals surface area contributed by atoms with Crippen molar-refractivity contribution in [1.29, 1.82) is 0 Å². The fraction of sp³-hybridized carbons (Fsp3) is 0.400. The van der Waals surface area contributed by atoms with Crippen LogP contribution in [0.1, 0.15) is 226 Å². The Bertz CT molecular complexity index is 3940. The van der Waals surface area contributed by atoms with Crippen LogP contribution in [0.2, 0.25) is 0 Å². The molecule has 9 aromatic rings. The van der Waals surface area contributed by atoms with Gasteiger partial charge in [-0.05, 0) is 224 Å². The second-order valence-electron chi connectivity index (χ2n) is 23.7. The Morgan fingerprint density at radius 3 is 0.835 bits per heavy atom. The summed E-state index contributed by atoms with van der Waals surface area (Å²) in [6, 6.07) is 66.1. The second kappa shape index (κ2) is 47.8. The minimum Gasteiger partial charge on any atom is -0.207 e. The molecular weight excluding hydrogens is 1100 g/mol. The standard InChI is InChI=1S/C10H14.3C9H12.3C8H10.C8H16.C7H7F.C7H8.C7H14/c1-7-5-8(2)10(4)9(3)6-7;1-7-4-8(2)6-9(3)5-7;1-7-4-5-8(2)9(3)6-7;1-7-5-4-6-8(2)9(7)3;1-7-3-5-8(2)6-4-7;1-7-4-3-5-8(2)6-7;1-7-5-3-4-6-8(7)2;1-2-8-6-4-3-5-7-8;1-6-4-2-3-5-7(6)8;1-7-5-3-2-4-6-7;1-2-7-5-3-4-6-7/h5-6H,1-4H3;3*4-6H,1-3H3;3*3-6H,1-2H3;8H,2-7H2,1H3;2-5H,1H3;2-6H,1H3;7H,2-6H2,1H3/i;;;;;;;3D2,4D2,5D2,6D2,7D2;;;3D2,4D2,5D2,6D2. The van der Waals surface area contributed by atoms with Gasteiger partial charge in [0.25, 0.3) is 0 Å². The summed E-state index contributed by atoms with van der Waals surface area (Å²) in [5.74, 6) is -2.96. The Morgan fingerprint density at radius 2 is 0.527 bits per heavy atom. The lowest BCUT2D eigenvalue weighted by atomic mass is 9.88. The van der Waals surface area contributed by atoms with E-state index in [1.54, 1.807) is 19.1 Å². The second-order valence-corrected chi connectivity index (χ2v) is 23.7. The Kier molecular flexibility index (Phi) is 29.2. The molecule has 9 aromatic carbocycles. The van der Waals surface area contributed by atoms with Crippen molar-refractivity contribution in [3.63, 3.8) is 0 Å². The molecule has 0 bridgehead atoms. The first-order valence-electron chi connectivity index (χ1n) is 40.9. The van der Waals surface area contributed by atoms with E-state index in [1.807, 2.05) is 24.3 Å². The summed E-state index contributed by atoms with van der Waals surface area (Å²) in [4.78, 5) is 0.